The van der Waals surface area contributed by atoms with Crippen LogP contribution in [0.1, 0.15) is 34.6 Å². The lowest BCUT2D eigenvalue weighted by Crippen LogP contribution is -2.42. The third-order valence-corrected chi connectivity index (χ3v) is 3.78. The Morgan fingerprint density at radius 3 is 2.06 bits per heavy atom. The minimum absolute atomic E-state index is 0.0531. The lowest BCUT2D eigenvalue weighted by atomic mass is 10.2. The molecule has 1 aliphatic heterocycles. The summed E-state index contributed by atoms with van der Waals surface area (Å²) in [6, 6.07) is 5.03. The van der Waals surface area contributed by atoms with Gasteiger partial charge in [-0.2, -0.15) is 0 Å². The highest BCUT2D eigenvalue weighted by Crippen LogP contribution is 2.18. The first-order chi connectivity index (χ1) is 15.1. The molecule has 0 N–H and O–H groups in total. The maximum atomic E-state index is 12.2. The summed E-state index contributed by atoms with van der Waals surface area (Å²) in [5.41, 5.74) is -0.720. The van der Waals surface area contributed by atoms with Crippen LogP contribution in [0.15, 0.2) is 24.3 Å². The first-order valence-corrected chi connectivity index (χ1v) is 10.4. The van der Waals surface area contributed by atoms with Gasteiger partial charge in [-0.1, -0.05) is 13.8 Å². The average molecular weight is 456 g/mol. The Labute approximate surface area is 187 Å². The molecule has 180 valence electrons. The van der Waals surface area contributed by atoms with Crippen molar-refractivity contribution in [1.82, 2.24) is 4.90 Å². The van der Waals surface area contributed by atoms with Gasteiger partial charge in [0.05, 0.1) is 31.4 Å². The minimum Gasteiger partial charge on any atom is -0.444 e. The summed E-state index contributed by atoms with van der Waals surface area (Å²) in [6.07, 6.45) is -2.13. The SMILES string of the molecule is CC.CC(C)(C)OC(=O)N1CCOCC(OC(=O)Oc2ccc([N+](=O)[O-])cc2)COCC1. The summed E-state index contributed by atoms with van der Waals surface area (Å²) >= 11 is 0. The Kier molecular flexibility index (Phi) is 11.4. The van der Waals surface area contributed by atoms with E-state index in [4.69, 9.17) is 23.7 Å². The van der Waals surface area contributed by atoms with E-state index in [1.165, 1.54) is 29.2 Å². The van der Waals surface area contributed by atoms with Gasteiger partial charge in [-0.25, -0.2) is 9.59 Å². The molecule has 1 heterocycles. The number of hydrogen-bond acceptors (Lipinski definition) is 9. The molecule has 0 spiro atoms. The third kappa shape index (κ3) is 10.4. The van der Waals surface area contributed by atoms with Gasteiger partial charge in [0, 0.05) is 25.2 Å². The fraction of sp³-hybridized carbons (Fsp3) is 0.619. The number of nitro benzene ring substituents is 1. The van der Waals surface area contributed by atoms with Crippen molar-refractivity contribution < 1.29 is 38.2 Å². The van der Waals surface area contributed by atoms with Crippen LogP contribution in [0.4, 0.5) is 15.3 Å². The first-order valence-electron chi connectivity index (χ1n) is 10.4. The van der Waals surface area contributed by atoms with Gasteiger partial charge < -0.3 is 28.6 Å². The Morgan fingerprint density at radius 2 is 1.59 bits per heavy atom. The summed E-state index contributed by atoms with van der Waals surface area (Å²) in [4.78, 5) is 35.7. The molecule has 1 fully saturated rings. The summed E-state index contributed by atoms with van der Waals surface area (Å²) in [6.45, 7) is 10.5. The fourth-order valence-electron chi connectivity index (χ4n) is 2.41. The molecule has 1 aromatic carbocycles. The van der Waals surface area contributed by atoms with E-state index >= 15 is 0 Å². The van der Waals surface area contributed by atoms with Crippen LogP contribution in [0, 0.1) is 10.1 Å². The first kappa shape index (κ1) is 27.1. The molecule has 0 unspecified atom stereocenters. The standard InChI is InChI=1S/C19H26N2O9.C2H6/c1-19(2,3)30-17(22)20-8-10-26-12-16(13-27-11-9-20)29-18(23)28-15-6-4-14(5-7-15)21(24)25;1-2/h4-7,16H,8-13H2,1-3H3;1-2H3. The maximum Gasteiger partial charge on any atom is 0.514 e. The number of carbonyl (C=O) groups is 2. The van der Waals surface area contributed by atoms with Crippen molar-refractivity contribution in [3.05, 3.63) is 34.4 Å². The van der Waals surface area contributed by atoms with Gasteiger partial charge in [0.25, 0.3) is 5.69 Å². The fourth-order valence-corrected chi connectivity index (χ4v) is 2.41. The number of ether oxygens (including phenoxy) is 5. The molecule has 0 atom stereocenters. The maximum absolute atomic E-state index is 12.2. The minimum atomic E-state index is -0.978. The number of carbonyl (C=O) groups excluding carboxylic acids is 2. The quantitative estimate of drug-likeness (QED) is 0.289. The summed E-state index contributed by atoms with van der Waals surface area (Å²) in [5.74, 6) is 0.111. The second kappa shape index (κ2) is 13.5. The number of rotatable bonds is 3. The van der Waals surface area contributed by atoms with Gasteiger partial charge in [0.15, 0.2) is 6.10 Å². The van der Waals surface area contributed by atoms with Crippen molar-refractivity contribution in [3.8, 4) is 5.75 Å². The van der Waals surface area contributed by atoms with Crippen LogP contribution < -0.4 is 4.74 Å². The number of benzene rings is 1. The second-order valence-electron chi connectivity index (χ2n) is 7.46. The molecule has 0 aliphatic carbocycles. The Balaban J connectivity index is 0.00000249. The smallest absolute Gasteiger partial charge is 0.444 e. The number of amides is 1. The lowest BCUT2D eigenvalue weighted by Gasteiger charge is -2.28. The second-order valence-corrected chi connectivity index (χ2v) is 7.46. The highest BCUT2D eigenvalue weighted by atomic mass is 16.7. The van der Waals surface area contributed by atoms with Crippen molar-refractivity contribution in [3.63, 3.8) is 0 Å². The zero-order valence-electron chi connectivity index (χ0n) is 19.2. The predicted molar refractivity (Wildman–Crippen MR) is 115 cm³/mol. The molecule has 1 aromatic rings. The van der Waals surface area contributed by atoms with E-state index in [-0.39, 0.29) is 37.9 Å². The van der Waals surface area contributed by atoms with Crippen LogP contribution in [0.2, 0.25) is 0 Å². The Morgan fingerprint density at radius 1 is 1.06 bits per heavy atom. The van der Waals surface area contributed by atoms with Gasteiger partial charge in [-0.15, -0.1) is 0 Å². The van der Waals surface area contributed by atoms with Gasteiger partial charge in [0.1, 0.15) is 11.4 Å². The van der Waals surface area contributed by atoms with Crippen molar-refractivity contribution in [2.75, 3.05) is 39.5 Å². The highest BCUT2D eigenvalue weighted by molar-refractivity contribution is 5.68. The Hall–Kier alpha value is -2.92. The van der Waals surface area contributed by atoms with Crippen LogP contribution in [0.25, 0.3) is 0 Å². The molecule has 0 radical (unpaired) electrons. The molecule has 1 saturated heterocycles. The normalized spacial score (nSPS) is 15.6. The van der Waals surface area contributed by atoms with Crippen LogP contribution in [-0.4, -0.2) is 73.3 Å². The lowest BCUT2D eigenvalue weighted by molar-refractivity contribution is -0.384. The van der Waals surface area contributed by atoms with E-state index in [1.807, 2.05) is 13.8 Å². The van der Waals surface area contributed by atoms with E-state index in [9.17, 15) is 19.7 Å². The van der Waals surface area contributed by atoms with Gasteiger partial charge in [-0.05, 0) is 32.9 Å². The van der Waals surface area contributed by atoms with Crippen molar-refractivity contribution >= 4 is 17.9 Å². The van der Waals surface area contributed by atoms with E-state index in [2.05, 4.69) is 0 Å². The molecule has 1 aliphatic rings. The Bertz CT molecular complexity index is 720. The number of non-ortho nitro benzene ring substituents is 1. The molecule has 0 saturated carbocycles. The molecular weight excluding hydrogens is 424 g/mol. The predicted octanol–water partition coefficient (Wildman–Crippen LogP) is 3.79. The summed E-state index contributed by atoms with van der Waals surface area (Å²) in [7, 11) is 0. The van der Waals surface area contributed by atoms with E-state index < -0.39 is 28.9 Å². The monoisotopic (exact) mass is 456 g/mol. The van der Waals surface area contributed by atoms with Crippen molar-refractivity contribution in [1.29, 1.82) is 0 Å². The molecule has 11 heteroatoms. The van der Waals surface area contributed by atoms with E-state index in [0.29, 0.717) is 13.1 Å². The van der Waals surface area contributed by atoms with Crippen molar-refractivity contribution in [2.45, 2.75) is 46.3 Å². The van der Waals surface area contributed by atoms with E-state index in [1.54, 1.807) is 20.8 Å². The van der Waals surface area contributed by atoms with Gasteiger partial charge >= 0.3 is 12.2 Å². The van der Waals surface area contributed by atoms with Crippen LogP contribution >= 0.6 is 0 Å². The van der Waals surface area contributed by atoms with Gasteiger partial charge in [0.2, 0.25) is 0 Å². The molecule has 11 nitrogen and oxygen atoms in total. The number of nitrogens with zero attached hydrogens (tertiary/aromatic N) is 2. The van der Waals surface area contributed by atoms with Crippen molar-refractivity contribution in [2.24, 2.45) is 0 Å². The highest BCUT2D eigenvalue weighted by Gasteiger charge is 2.24. The summed E-state index contributed by atoms with van der Waals surface area (Å²) in [5, 5.41) is 10.6. The molecule has 0 aromatic heterocycles. The molecule has 2 rings (SSSR count). The summed E-state index contributed by atoms with van der Waals surface area (Å²) < 4.78 is 26.5. The number of nitro groups is 1. The zero-order chi connectivity index (χ0) is 24.1. The molecular formula is C21H32N2O9. The van der Waals surface area contributed by atoms with Crippen LogP contribution in [-0.2, 0) is 18.9 Å². The molecule has 0 bridgehead atoms. The van der Waals surface area contributed by atoms with Crippen LogP contribution in [0.5, 0.6) is 5.75 Å². The number of hydrogen-bond donors (Lipinski definition) is 0. The largest absolute Gasteiger partial charge is 0.514 e. The van der Waals surface area contributed by atoms with Crippen LogP contribution in [0.3, 0.4) is 0 Å². The van der Waals surface area contributed by atoms with E-state index in [0.717, 1.165) is 0 Å². The average Bonchev–Trinajstić information content (AvgIpc) is 2.73. The molecule has 1 amide bonds. The molecule has 32 heavy (non-hydrogen) atoms. The third-order valence-electron chi connectivity index (χ3n) is 3.78. The topological polar surface area (TPSA) is 127 Å². The zero-order valence-corrected chi connectivity index (χ0v) is 19.2. The van der Waals surface area contributed by atoms with Gasteiger partial charge in [-0.3, -0.25) is 10.1 Å².